The summed E-state index contributed by atoms with van der Waals surface area (Å²) in [7, 11) is 0. The second-order valence-corrected chi connectivity index (χ2v) is 12.2. The lowest BCUT2D eigenvalue weighted by Gasteiger charge is -2.70. The van der Waals surface area contributed by atoms with Crippen LogP contribution in [0.2, 0.25) is 0 Å². The topological polar surface area (TPSA) is 18.5 Å². The van der Waals surface area contributed by atoms with Gasteiger partial charge in [0.1, 0.15) is 0 Å². The van der Waals surface area contributed by atoms with Crippen molar-refractivity contribution in [3.63, 3.8) is 0 Å². The van der Waals surface area contributed by atoms with Gasteiger partial charge in [0.05, 0.1) is 13.2 Å². The Bertz CT molecular complexity index is 638. The molecule has 3 spiro atoms. The van der Waals surface area contributed by atoms with Gasteiger partial charge >= 0.3 is 0 Å². The molecule has 6 aliphatic rings. The molecule has 6 rings (SSSR count). The molecule has 1 heterocycles. The fraction of sp³-hybridized carbons (Fsp3) is 1.00. The van der Waals surface area contributed by atoms with E-state index < -0.39 is 0 Å². The van der Waals surface area contributed by atoms with Crippen LogP contribution in [0.1, 0.15) is 97.8 Å². The van der Waals surface area contributed by atoms with Crippen LogP contribution in [0.5, 0.6) is 0 Å². The van der Waals surface area contributed by atoms with Gasteiger partial charge in [-0.1, -0.05) is 33.6 Å². The Morgan fingerprint density at radius 1 is 0.750 bits per heavy atom. The van der Waals surface area contributed by atoms with E-state index in [0.29, 0.717) is 10.8 Å². The second-order valence-electron chi connectivity index (χ2n) is 12.2. The standard InChI is InChI=1S/C26H42O2/c1-18-17-24-11-5-4-7-20(24)9-10-22-21-8-6-12-26(27-15-16-28-26)23(21,3)13-14-25(22,24)19(18)2/h18-22H,4-17H2,1-3H3/t18?,19?,20?,21?,22?,23-,24+,25?/m0/s1. The molecule has 5 aliphatic carbocycles. The molecule has 8 atom stereocenters. The smallest absolute Gasteiger partial charge is 0.174 e. The fourth-order valence-electron chi connectivity index (χ4n) is 10.9. The van der Waals surface area contributed by atoms with Crippen molar-refractivity contribution in [1.82, 2.24) is 0 Å². The van der Waals surface area contributed by atoms with E-state index in [1.807, 2.05) is 0 Å². The van der Waals surface area contributed by atoms with Crippen molar-refractivity contribution in [3.05, 3.63) is 0 Å². The fourth-order valence-corrected chi connectivity index (χ4v) is 10.9. The van der Waals surface area contributed by atoms with Crippen LogP contribution in [-0.2, 0) is 9.47 Å². The minimum Gasteiger partial charge on any atom is -0.347 e. The average Bonchev–Trinajstić information content (AvgIpc) is 3.25. The van der Waals surface area contributed by atoms with E-state index in [9.17, 15) is 0 Å². The van der Waals surface area contributed by atoms with Gasteiger partial charge in [0.25, 0.3) is 0 Å². The van der Waals surface area contributed by atoms with Crippen LogP contribution in [-0.4, -0.2) is 19.0 Å². The SMILES string of the molecule is CC1C[C@]23CCCCC2CCC2C4CCCC5(OCCO5)[C@@]4(C)CCC23C1C. The lowest BCUT2D eigenvalue weighted by atomic mass is 9.35. The summed E-state index contributed by atoms with van der Waals surface area (Å²) in [6.07, 6.45) is 17.3. The normalized spacial score (nSPS) is 57.3. The Morgan fingerprint density at radius 3 is 2.39 bits per heavy atom. The first kappa shape index (κ1) is 18.7. The van der Waals surface area contributed by atoms with Crippen LogP contribution in [0, 0.1) is 45.8 Å². The number of ether oxygens (including phenoxy) is 2. The Labute approximate surface area is 172 Å². The Hall–Kier alpha value is -0.0800. The molecule has 5 saturated carbocycles. The van der Waals surface area contributed by atoms with Crippen molar-refractivity contribution in [2.75, 3.05) is 13.2 Å². The van der Waals surface area contributed by atoms with Gasteiger partial charge in [0, 0.05) is 11.8 Å². The minimum atomic E-state index is -0.248. The summed E-state index contributed by atoms with van der Waals surface area (Å²) >= 11 is 0. The van der Waals surface area contributed by atoms with Crippen molar-refractivity contribution < 1.29 is 9.47 Å². The zero-order valence-electron chi connectivity index (χ0n) is 18.6. The third kappa shape index (κ3) is 1.95. The van der Waals surface area contributed by atoms with Crippen LogP contribution in [0.3, 0.4) is 0 Å². The molecule has 0 aromatic heterocycles. The molecule has 158 valence electrons. The highest BCUT2D eigenvalue weighted by molar-refractivity contribution is 5.21. The molecule has 0 amide bonds. The van der Waals surface area contributed by atoms with Gasteiger partial charge in [-0.15, -0.1) is 0 Å². The first-order valence-corrected chi connectivity index (χ1v) is 12.8. The van der Waals surface area contributed by atoms with Crippen molar-refractivity contribution in [2.24, 2.45) is 45.8 Å². The van der Waals surface area contributed by atoms with E-state index >= 15 is 0 Å². The molecule has 0 bridgehead atoms. The monoisotopic (exact) mass is 386 g/mol. The summed E-state index contributed by atoms with van der Waals surface area (Å²) in [5.74, 6) is 4.35. The summed E-state index contributed by atoms with van der Waals surface area (Å²) in [6, 6.07) is 0. The van der Waals surface area contributed by atoms with Gasteiger partial charge in [-0.3, -0.25) is 0 Å². The molecule has 28 heavy (non-hydrogen) atoms. The summed E-state index contributed by atoms with van der Waals surface area (Å²) in [4.78, 5) is 0. The van der Waals surface area contributed by atoms with Gasteiger partial charge in [-0.05, 0) is 98.2 Å². The van der Waals surface area contributed by atoms with Gasteiger partial charge in [0.2, 0.25) is 0 Å². The maximum atomic E-state index is 6.47. The summed E-state index contributed by atoms with van der Waals surface area (Å²) in [5, 5.41) is 0. The third-order valence-corrected chi connectivity index (χ3v) is 12.0. The molecule has 0 radical (unpaired) electrons. The van der Waals surface area contributed by atoms with Crippen LogP contribution in [0.25, 0.3) is 0 Å². The first-order valence-electron chi connectivity index (χ1n) is 12.8. The summed E-state index contributed by atoms with van der Waals surface area (Å²) < 4.78 is 12.9. The predicted octanol–water partition coefficient (Wildman–Crippen LogP) is 6.58. The molecule has 0 aromatic rings. The van der Waals surface area contributed by atoms with Gasteiger partial charge < -0.3 is 9.47 Å². The van der Waals surface area contributed by atoms with Crippen LogP contribution in [0.4, 0.5) is 0 Å². The minimum absolute atomic E-state index is 0.242. The lowest BCUT2D eigenvalue weighted by molar-refractivity contribution is -0.311. The summed E-state index contributed by atoms with van der Waals surface area (Å²) in [5.41, 5.74) is 1.54. The first-order chi connectivity index (χ1) is 13.5. The molecule has 0 N–H and O–H groups in total. The van der Waals surface area contributed by atoms with E-state index in [4.69, 9.17) is 9.47 Å². The third-order valence-electron chi connectivity index (χ3n) is 12.0. The van der Waals surface area contributed by atoms with Crippen LogP contribution < -0.4 is 0 Å². The van der Waals surface area contributed by atoms with Gasteiger partial charge in [-0.2, -0.15) is 0 Å². The molecular formula is C26H42O2. The Kier molecular flexibility index (Phi) is 4.00. The Morgan fingerprint density at radius 2 is 1.57 bits per heavy atom. The van der Waals surface area contributed by atoms with E-state index in [1.54, 1.807) is 6.42 Å². The molecular weight excluding hydrogens is 344 g/mol. The van der Waals surface area contributed by atoms with E-state index in [2.05, 4.69) is 20.8 Å². The number of hydrogen-bond donors (Lipinski definition) is 0. The number of hydrogen-bond acceptors (Lipinski definition) is 2. The van der Waals surface area contributed by atoms with Gasteiger partial charge in [-0.25, -0.2) is 0 Å². The number of fused-ring (bicyclic) bond motifs is 3. The molecule has 1 saturated heterocycles. The second kappa shape index (κ2) is 6.00. The highest BCUT2D eigenvalue weighted by Gasteiger charge is 2.74. The zero-order valence-corrected chi connectivity index (χ0v) is 18.6. The Balaban J connectivity index is 1.46. The van der Waals surface area contributed by atoms with Crippen molar-refractivity contribution in [2.45, 2.75) is 104 Å². The quantitative estimate of drug-likeness (QED) is 0.468. The molecule has 6 fully saturated rings. The van der Waals surface area contributed by atoms with Crippen molar-refractivity contribution in [1.29, 1.82) is 0 Å². The van der Waals surface area contributed by atoms with E-state index in [0.717, 1.165) is 49.2 Å². The average molecular weight is 387 g/mol. The summed E-state index contributed by atoms with van der Waals surface area (Å²) in [6.45, 7) is 9.49. The predicted molar refractivity (Wildman–Crippen MR) is 112 cm³/mol. The molecule has 6 unspecified atom stereocenters. The molecule has 2 heteroatoms. The maximum absolute atomic E-state index is 6.47. The highest BCUT2D eigenvalue weighted by atomic mass is 16.7. The maximum Gasteiger partial charge on any atom is 0.174 e. The number of rotatable bonds is 0. The van der Waals surface area contributed by atoms with E-state index in [-0.39, 0.29) is 11.2 Å². The van der Waals surface area contributed by atoms with Crippen molar-refractivity contribution >= 4 is 0 Å². The van der Waals surface area contributed by atoms with Crippen LogP contribution in [0.15, 0.2) is 0 Å². The highest BCUT2D eigenvalue weighted by Crippen LogP contribution is 2.79. The lowest BCUT2D eigenvalue weighted by Crippen LogP contribution is -2.66. The van der Waals surface area contributed by atoms with Crippen LogP contribution >= 0.6 is 0 Å². The van der Waals surface area contributed by atoms with Crippen molar-refractivity contribution in [3.8, 4) is 0 Å². The zero-order chi connectivity index (χ0) is 19.2. The molecule has 0 aromatic carbocycles. The largest absolute Gasteiger partial charge is 0.347 e. The van der Waals surface area contributed by atoms with Gasteiger partial charge in [0.15, 0.2) is 5.79 Å². The molecule has 1 aliphatic heterocycles. The molecule has 2 nitrogen and oxygen atoms in total. The van der Waals surface area contributed by atoms with E-state index in [1.165, 1.54) is 64.2 Å².